The highest BCUT2D eigenvalue weighted by Gasteiger charge is 2.45. The first-order valence-electron chi connectivity index (χ1n) is 10.1. The summed E-state index contributed by atoms with van der Waals surface area (Å²) in [6.07, 6.45) is 0.748. The predicted octanol–water partition coefficient (Wildman–Crippen LogP) is 5.38. The van der Waals surface area contributed by atoms with E-state index in [-0.39, 0.29) is 17.4 Å². The van der Waals surface area contributed by atoms with E-state index < -0.39 is 17.7 Å². The van der Waals surface area contributed by atoms with E-state index in [4.69, 9.17) is 4.74 Å². The van der Waals surface area contributed by atoms with Crippen molar-refractivity contribution in [1.82, 2.24) is 4.90 Å². The van der Waals surface area contributed by atoms with Gasteiger partial charge < -0.3 is 14.7 Å². The fourth-order valence-electron chi connectivity index (χ4n) is 3.65. The normalized spacial score (nSPS) is 18.3. The zero-order valence-corrected chi connectivity index (χ0v) is 19.2. The first-order chi connectivity index (χ1) is 14.2. The summed E-state index contributed by atoms with van der Waals surface area (Å²) in [6.45, 7) is 8.18. The van der Waals surface area contributed by atoms with E-state index in [0.717, 1.165) is 15.6 Å². The lowest BCUT2D eigenvalue weighted by atomic mass is 9.95. The Morgan fingerprint density at radius 1 is 1.17 bits per heavy atom. The van der Waals surface area contributed by atoms with Gasteiger partial charge in [0, 0.05) is 16.6 Å². The van der Waals surface area contributed by atoms with E-state index in [1.807, 2.05) is 58.0 Å². The molecule has 1 N–H and O–H groups in total. The minimum absolute atomic E-state index is 0.0437. The summed E-state index contributed by atoms with van der Waals surface area (Å²) < 4.78 is 6.61. The average molecular weight is 472 g/mol. The number of nitrogens with zero attached hydrogens (tertiary/aromatic N) is 1. The molecule has 30 heavy (non-hydrogen) atoms. The number of carbonyl (C=O) groups is 2. The molecule has 0 saturated carbocycles. The molecule has 1 unspecified atom stereocenters. The molecule has 0 bridgehead atoms. The van der Waals surface area contributed by atoms with Crippen LogP contribution in [0.3, 0.4) is 0 Å². The largest absolute Gasteiger partial charge is 0.507 e. The van der Waals surface area contributed by atoms with Crippen LogP contribution in [0.2, 0.25) is 0 Å². The van der Waals surface area contributed by atoms with Crippen LogP contribution in [0.15, 0.2) is 52.5 Å². The summed E-state index contributed by atoms with van der Waals surface area (Å²) in [6, 6.07) is 12.0. The molecule has 0 radical (unpaired) electrons. The molecule has 1 heterocycles. The zero-order chi connectivity index (χ0) is 22.0. The van der Waals surface area contributed by atoms with Crippen LogP contribution in [-0.4, -0.2) is 34.3 Å². The van der Waals surface area contributed by atoms with E-state index in [9.17, 15) is 14.7 Å². The van der Waals surface area contributed by atoms with E-state index in [2.05, 4.69) is 15.9 Å². The smallest absolute Gasteiger partial charge is 0.295 e. The third-order valence-electron chi connectivity index (χ3n) is 5.00. The number of ketones is 1. The number of likely N-dealkylation sites (tertiary alicyclic amines) is 1. The van der Waals surface area contributed by atoms with E-state index in [1.165, 1.54) is 4.90 Å². The number of hydrogen-bond acceptors (Lipinski definition) is 4. The quantitative estimate of drug-likeness (QED) is 0.349. The van der Waals surface area contributed by atoms with Crippen molar-refractivity contribution in [2.45, 2.75) is 46.3 Å². The SMILES string of the molecule is CCCN1C(=O)C(=O)/C(=C(\O)c2ccc(Br)c(C)c2)C1c1ccc(OC(C)C)cc1. The van der Waals surface area contributed by atoms with Crippen molar-refractivity contribution < 1.29 is 19.4 Å². The van der Waals surface area contributed by atoms with Gasteiger partial charge in [-0.25, -0.2) is 0 Å². The van der Waals surface area contributed by atoms with E-state index in [1.54, 1.807) is 12.1 Å². The molecule has 0 aromatic heterocycles. The standard InChI is InChI=1S/C24H26BrNO4/c1-5-12-26-21(16-6-9-18(10-7-16)30-14(2)3)20(23(28)24(26)29)22(27)17-8-11-19(25)15(4)13-17/h6-11,13-14,21,27H,5,12H2,1-4H3/b22-20-. The minimum atomic E-state index is -0.658. The van der Waals surface area contributed by atoms with Gasteiger partial charge >= 0.3 is 0 Å². The Labute approximate surface area is 185 Å². The lowest BCUT2D eigenvalue weighted by Crippen LogP contribution is -2.30. The number of aryl methyl sites for hydroxylation is 1. The second kappa shape index (κ2) is 9.04. The molecule has 1 aliphatic rings. The van der Waals surface area contributed by atoms with Gasteiger partial charge in [-0.15, -0.1) is 0 Å². The van der Waals surface area contributed by atoms with Crippen molar-refractivity contribution in [3.05, 3.63) is 69.2 Å². The Morgan fingerprint density at radius 2 is 1.83 bits per heavy atom. The number of aliphatic hydroxyl groups excluding tert-OH is 1. The maximum Gasteiger partial charge on any atom is 0.295 e. The topological polar surface area (TPSA) is 66.8 Å². The number of halogens is 1. The number of hydrogen-bond donors (Lipinski definition) is 1. The molecule has 2 aromatic rings. The van der Waals surface area contributed by atoms with E-state index >= 15 is 0 Å². The molecule has 0 aliphatic carbocycles. The highest BCUT2D eigenvalue weighted by atomic mass is 79.9. The number of ether oxygens (including phenoxy) is 1. The molecule has 0 spiro atoms. The van der Waals surface area contributed by atoms with Gasteiger partial charge in [-0.05, 0) is 62.6 Å². The van der Waals surface area contributed by atoms with Crippen LogP contribution < -0.4 is 4.74 Å². The Morgan fingerprint density at radius 3 is 2.40 bits per heavy atom. The maximum absolute atomic E-state index is 12.9. The molecule has 6 heteroatoms. The van der Waals surface area contributed by atoms with Crippen molar-refractivity contribution in [2.75, 3.05) is 6.54 Å². The summed E-state index contributed by atoms with van der Waals surface area (Å²) in [5, 5.41) is 11.1. The van der Waals surface area contributed by atoms with Gasteiger partial charge in [0.2, 0.25) is 0 Å². The lowest BCUT2D eigenvalue weighted by Gasteiger charge is -2.25. The monoisotopic (exact) mass is 471 g/mol. The second-order valence-corrected chi connectivity index (χ2v) is 8.55. The molecule has 1 fully saturated rings. The molecule has 3 rings (SSSR count). The Hall–Kier alpha value is -2.60. The van der Waals surface area contributed by atoms with Crippen molar-refractivity contribution in [3.8, 4) is 5.75 Å². The number of benzene rings is 2. The molecule has 5 nitrogen and oxygen atoms in total. The Bertz CT molecular complexity index is 995. The molecule has 158 valence electrons. The molecule has 1 amide bonds. The van der Waals surface area contributed by atoms with Gasteiger partial charge in [-0.1, -0.05) is 41.1 Å². The summed E-state index contributed by atoms with van der Waals surface area (Å²) in [7, 11) is 0. The number of rotatable bonds is 6. The van der Waals surface area contributed by atoms with E-state index in [0.29, 0.717) is 24.3 Å². The number of Topliss-reactive ketones (excluding diaryl/α,β-unsaturated/α-hetero) is 1. The van der Waals surface area contributed by atoms with Crippen LogP contribution in [0.25, 0.3) is 5.76 Å². The van der Waals surface area contributed by atoms with Gasteiger partial charge in [-0.2, -0.15) is 0 Å². The number of aliphatic hydroxyl groups is 1. The molecular weight excluding hydrogens is 446 g/mol. The lowest BCUT2D eigenvalue weighted by molar-refractivity contribution is -0.139. The van der Waals surface area contributed by atoms with Crippen molar-refractivity contribution in [1.29, 1.82) is 0 Å². The third kappa shape index (κ3) is 4.29. The third-order valence-corrected chi connectivity index (χ3v) is 5.89. The Kier molecular flexibility index (Phi) is 6.66. The summed E-state index contributed by atoms with van der Waals surface area (Å²) >= 11 is 3.45. The molecule has 1 aliphatic heterocycles. The van der Waals surface area contributed by atoms with Gasteiger partial charge in [0.15, 0.2) is 0 Å². The van der Waals surface area contributed by atoms with Crippen molar-refractivity contribution in [3.63, 3.8) is 0 Å². The second-order valence-electron chi connectivity index (χ2n) is 7.69. The van der Waals surface area contributed by atoms with Crippen molar-refractivity contribution in [2.24, 2.45) is 0 Å². The summed E-state index contributed by atoms with van der Waals surface area (Å²) in [4.78, 5) is 27.2. The molecule has 2 aromatic carbocycles. The van der Waals surface area contributed by atoms with Crippen molar-refractivity contribution >= 4 is 33.4 Å². The van der Waals surface area contributed by atoms with Crippen LogP contribution in [0.5, 0.6) is 5.75 Å². The van der Waals surface area contributed by atoms with Crippen LogP contribution in [0.4, 0.5) is 0 Å². The van der Waals surface area contributed by atoms with Crippen LogP contribution in [0, 0.1) is 6.92 Å². The minimum Gasteiger partial charge on any atom is -0.507 e. The van der Waals surface area contributed by atoms with Gasteiger partial charge in [-0.3, -0.25) is 9.59 Å². The number of carbonyl (C=O) groups excluding carboxylic acids is 2. The predicted molar refractivity (Wildman–Crippen MR) is 120 cm³/mol. The highest BCUT2D eigenvalue weighted by molar-refractivity contribution is 9.10. The van der Waals surface area contributed by atoms with Crippen LogP contribution >= 0.6 is 15.9 Å². The fourth-order valence-corrected chi connectivity index (χ4v) is 3.89. The summed E-state index contributed by atoms with van der Waals surface area (Å²) in [5.74, 6) is -0.687. The van der Waals surface area contributed by atoms with Crippen LogP contribution in [-0.2, 0) is 9.59 Å². The summed E-state index contributed by atoms with van der Waals surface area (Å²) in [5.41, 5.74) is 2.31. The average Bonchev–Trinajstić information content (AvgIpc) is 2.95. The highest BCUT2D eigenvalue weighted by Crippen LogP contribution is 2.40. The molecular formula is C24H26BrNO4. The first-order valence-corrected chi connectivity index (χ1v) is 10.9. The Balaban J connectivity index is 2.12. The first kappa shape index (κ1) is 22.1. The zero-order valence-electron chi connectivity index (χ0n) is 17.6. The van der Waals surface area contributed by atoms with Gasteiger partial charge in [0.05, 0.1) is 17.7 Å². The van der Waals surface area contributed by atoms with Crippen LogP contribution in [0.1, 0.15) is 49.9 Å². The molecule has 1 saturated heterocycles. The van der Waals surface area contributed by atoms with Gasteiger partial charge in [0.1, 0.15) is 11.5 Å². The van der Waals surface area contributed by atoms with Gasteiger partial charge in [0.25, 0.3) is 11.7 Å². The number of amides is 1. The maximum atomic E-state index is 12.9. The fraction of sp³-hybridized carbons (Fsp3) is 0.333. The molecule has 1 atom stereocenters.